The highest BCUT2D eigenvalue weighted by Gasteiger charge is 2.33. The van der Waals surface area contributed by atoms with Gasteiger partial charge in [-0.3, -0.25) is 4.18 Å². The van der Waals surface area contributed by atoms with Gasteiger partial charge in [0.1, 0.15) is 5.60 Å². The summed E-state index contributed by atoms with van der Waals surface area (Å²) in [7, 11) is -3.49. The molecule has 5 heteroatoms. The van der Waals surface area contributed by atoms with Crippen LogP contribution in [0.3, 0.4) is 0 Å². The second kappa shape index (κ2) is 3.16. The first-order valence-corrected chi connectivity index (χ1v) is 5.48. The van der Waals surface area contributed by atoms with E-state index in [0.29, 0.717) is 6.42 Å². The Hall–Kier alpha value is -0.390. The molecule has 1 N–H and O–H groups in total. The summed E-state index contributed by atoms with van der Waals surface area (Å²) in [5.41, 5.74) is -0.992. The Kier molecular flexibility index (Phi) is 2.55. The highest BCUT2D eigenvalue weighted by molar-refractivity contribution is 7.86. The van der Waals surface area contributed by atoms with Gasteiger partial charge in [0.05, 0.1) is 12.9 Å². The van der Waals surface area contributed by atoms with E-state index in [1.54, 1.807) is 12.2 Å². The Morgan fingerprint density at radius 3 is 2.67 bits per heavy atom. The molecule has 12 heavy (non-hydrogen) atoms. The number of aliphatic hydroxyl groups excluding tert-OH is 1. The maximum atomic E-state index is 10.8. The van der Waals surface area contributed by atoms with E-state index in [9.17, 15) is 8.42 Å². The van der Waals surface area contributed by atoms with Crippen LogP contribution in [0.1, 0.15) is 12.8 Å². The minimum atomic E-state index is -3.49. The number of aliphatic hydroxyl groups is 1. The van der Waals surface area contributed by atoms with Gasteiger partial charge in [-0.15, -0.1) is 0 Å². The van der Waals surface area contributed by atoms with Crippen molar-refractivity contribution in [1.82, 2.24) is 0 Å². The summed E-state index contributed by atoms with van der Waals surface area (Å²) in [6.07, 6.45) is 5.67. The molecule has 1 atom stereocenters. The topological polar surface area (TPSA) is 63.6 Å². The maximum Gasteiger partial charge on any atom is 0.265 e. The van der Waals surface area contributed by atoms with Crippen molar-refractivity contribution in [3.05, 3.63) is 12.2 Å². The summed E-state index contributed by atoms with van der Waals surface area (Å²) in [6, 6.07) is 0. The van der Waals surface area contributed by atoms with Gasteiger partial charge in [-0.25, -0.2) is 0 Å². The van der Waals surface area contributed by atoms with Crippen molar-refractivity contribution in [1.29, 1.82) is 0 Å². The third-order valence-electron chi connectivity index (χ3n) is 1.74. The normalized spacial score (nSPS) is 29.5. The SMILES string of the molecule is CS(=O)(=O)OC1(CO)C=CCC1. The van der Waals surface area contributed by atoms with Gasteiger partial charge in [0.25, 0.3) is 10.1 Å². The summed E-state index contributed by atoms with van der Waals surface area (Å²) >= 11 is 0. The van der Waals surface area contributed by atoms with E-state index in [0.717, 1.165) is 12.7 Å². The second-order valence-electron chi connectivity index (χ2n) is 2.95. The molecule has 0 saturated carbocycles. The van der Waals surface area contributed by atoms with E-state index < -0.39 is 15.7 Å². The van der Waals surface area contributed by atoms with Crippen LogP contribution in [0.5, 0.6) is 0 Å². The second-order valence-corrected chi connectivity index (χ2v) is 4.53. The smallest absolute Gasteiger partial charge is 0.265 e. The lowest BCUT2D eigenvalue weighted by Crippen LogP contribution is -2.34. The largest absolute Gasteiger partial charge is 0.393 e. The third-order valence-corrected chi connectivity index (χ3v) is 2.38. The van der Waals surface area contributed by atoms with Crippen LogP contribution in [0, 0.1) is 0 Å². The van der Waals surface area contributed by atoms with Crippen molar-refractivity contribution in [2.24, 2.45) is 0 Å². The number of rotatable bonds is 3. The molecule has 0 aliphatic heterocycles. The average molecular weight is 192 g/mol. The van der Waals surface area contributed by atoms with Gasteiger partial charge in [0.15, 0.2) is 0 Å². The summed E-state index contributed by atoms with van der Waals surface area (Å²) in [6.45, 7) is -0.295. The van der Waals surface area contributed by atoms with E-state index in [2.05, 4.69) is 0 Å². The molecule has 0 saturated heterocycles. The zero-order chi connectivity index (χ0) is 9.24. The molecule has 0 amide bonds. The fourth-order valence-corrected chi connectivity index (χ4v) is 2.03. The van der Waals surface area contributed by atoms with Gasteiger partial charge in [-0.1, -0.05) is 12.2 Å². The predicted molar refractivity (Wildman–Crippen MR) is 44.1 cm³/mol. The fourth-order valence-electron chi connectivity index (χ4n) is 1.24. The lowest BCUT2D eigenvalue weighted by Gasteiger charge is -2.22. The highest BCUT2D eigenvalue weighted by Crippen LogP contribution is 2.27. The van der Waals surface area contributed by atoms with Crippen LogP contribution in [0.15, 0.2) is 12.2 Å². The van der Waals surface area contributed by atoms with Crippen LogP contribution in [0.25, 0.3) is 0 Å². The molecule has 4 nitrogen and oxygen atoms in total. The van der Waals surface area contributed by atoms with Crippen LogP contribution in [0.4, 0.5) is 0 Å². The van der Waals surface area contributed by atoms with Gasteiger partial charge in [0, 0.05) is 0 Å². The minimum absolute atomic E-state index is 0.295. The van der Waals surface area contributed by atoms with E-state index in [1.165, 1.54) is 0 Å². The van der Waals surface area contributed by atoms with Gasteiger partial charge < -0.3 is 5.11 Å². The molecular weight excluding hydrogens is 180 g/mol. The van der Waals surface area contributed by atoms with Gasteiger partial charge in [-0.2, -0.15) is 8.42 Å². The molecule has 1 rings (SSSR count). The van der Waals surface area contributed by atoms with Crippen LogP contribution >= 0.6 is 0 Å². The Bertz CT molecular complexity index is 280. The molecule has 70 valence electrons. The monoisotopic (exact) mass is 192 g/mol. The van der Waals surface area contributed by atoms with Crippen molar-refractivity contribution < 1.29 is 17.7 Å². The maximum absolute atomic E-state index is 10.8. The summed E-state index contributed by atoms with van der Waals surface area (Å²) < 4.78 is 26.3. The van der Waals surface area contributed by atoms with E-state index in [4.69, 9.17) is 9.29 Å². The van der Waals surface area contributed by atoms with Crippen LogP contribution in [-0.2, 0) is 14.3 Å². The van der Waals surface area contributed by atoms with E-state index in [1.807, 2.05) is 0 Å². The van der Waals surface area contributed by atoms with Gasteiger partial charge in [-0.05, 0) is 12.8 Å². The summed E-state index contributed by atoms with van der Waals surface area (Å²) in [4.78, 5) is 0. The molecule has 0 spiro atoms. The Morgan fingerprint density at radius 2 is 2.33 bits per heavy atom. The third kappa shape index (κ3) is 2.30. The Morgan fingerprint density at radius 1 is 1.67 bits per heavy atom. The number of allylic oxidation sites excluding steroid dienone is 1. The molecule has 0 bridgehead atoms. The number of hydrogen-bond donors (Lipinski definition) is 1. The first-order chi connectivity index (χ1) is 5.47. The van der Waals surface area contributed by atoms with Crippen molar-refractivity contribution in [3.63, 3.8) is 0 Å². The molecule has 1 aliphatic carbocycles. The van der Waals surface area contributed by atoms with Gasteiger partial charge >= 0.3 is 0 Å². The van der Waals surface area contributed by atoms with Crippen LogP contribution < -0.4 is 0 Å². The Balaban J connectivity index is 2.76. The number of hydrogen-bond acceptors (Lipinski definition) is 4. The molecule has 0 aromatic carbocycles. The molecule has 0 aromatic heterocycles. The van der Waals surface area contributed by atoms with Crippen LogP contribution in [-0.4, -0.2) is 32.0 Å². The first kappa shape index (κ1) is 9.70. The quantitative estimate of drug-likeness (QED) is 0.506. The van der Waals surface area contributed by atoms with E-state index in [-0.39, 0.29) is 6.61 Å². The lowest BCUT2D eigenvalue weighted by atomic mass is 10.1. The zero-order valence-electron chi connectivity index (χ0n) is 6.86. The molecule has 1 aliphatic rings. The Labute approximate surface area is 72.0 Å². The molecule has 0 heterocycles. The summed E-state index contributed by atoms with van der Waals surface area (Å²) in [5, 5.41) is 8.94. The van der Waals surface area contributed by atoms with Crippen molar-refractivity contribution in [2.45, 2.75) is 18.4 Å². The lowest BCUT2D eigenvalue weighted by molar-refractivity contribution is 0.0569. The first-order valence-electron chi connectivity index (χ1n) is 3.67. The molecule has 0 radical (unpaired) electrons. The zero-order valence-corrected chi connectivity index (χ0v) is 7.67. The van der Waals surface area contributed by atoms with Crippen molar-refractivity contribution >= 4 is 10.1 Å². The summed E-state index contributed by atoms with van der Waals surface area (Å²) in [5.74, 6) is 0. The van der Waals surface area contributed by atoms with Gasteiger partial charge in [0.2, 0.25) is 0 Å². The molecular formula is C7H12O4S. The van der Waals surface area contributed by atoms with Crippen LogP contribution in [0.2, 0.25) is 0 Å². The van der Waals surface area contributed by atoms with Crippen molar-refractivity contribution in [3.8, 4) is 0 Å². The van der Waals surface area contributed by atoms with E-state index >= 15 is 0 Å². The molecule has 1 unspecified atom stereocenters. The molecule has 0 aromatic rings. The predicted octanol–water partition coefficient (Wildman–Crippen LogP) is 0.0437. The van der Waals surface area contributed by atoms with Crippen molar-refractivity contribution in [2.75, 3.05) is 12.9 Å². The fraction of sp³-hybridized carbons (Fsp3) is 0.714. The molecule has 0 fully saturated rings. The standard InChI is InChI=1S/C7H12O4S/c1-12(9,10)11-7(6-8)4-2-3-5-7/h2,4,8H,3,5-6H2,1H3. The minimum Gasteiger partial charge on any atom is -0.393 e. The highest BCUT2D eigenvalue weighted by atomic mass is 32.2. The average Bonchev–Trinajstić information content (AvgIpc) is 2.34.